The van der Waals surface area contributed by atoms with E-state index in [1.807, 2.05) is 13.8 Å². The van der Waals surface area contributed by atoms with Crippen molar-refractivity contribution in [2.75, 3.05) is 0 Å². The van der Waals surface area contributed by atoms with Crippen LogP contribution in [-0.4, -0.2) is 0 Å². The minimum absolute atomic E-state index is 0.919. The summed E-state index contributed by atoms with van der Waals surface area (Å²) in [7, 11) is 0. The third kappa shape index (κ3) is 11.0. The van der Waals surface area contributed by atoms with Crippen LogP contribution in [-0.2, 0) is 0 Å². The zero-order valence-electron chi connectivity index (χ0n) is 24.1. The Morgan fingerprint density at radius 3 is 1.97 bits per heavy atom. The van der Waals surface area contributed by atoms with Crippen molar-refractivity contribution in [3.8, 4) is 0 Å². The molecule has 3 saturated carbocycles. The fourth-order valence-electron chi connectivity index (χ4n) is 7.51. The molecule has 0 heterocycles. The van der Waals surface area contributed by atoms with E-state index in [0.29, 0.717) is 0 Å². The first-order valence-corrected chi connectivity index (χ1v) is 16.0. The average Bonchev–Trinajstić information content (AvgIpc) is 3.51. The number of allylic oxidation sites excluding steroid dienone is 4. The predicted octanol–water partition coefficient (Wildman–Crippen LogP) is 11.7. The molecular weight excluding hydrogens is 408 g/mol. The van der Waals surface area contributed by atoms with Crippen LogP contribution in [0, 0.1) is 35.5 Å². The van der Waals surface area contributed by atoms with Gasteiger partial charge in [-0.2, -0.15) is 0 Å². The summed E-state index contributed by atoms with van der Waals surface area (Å²) < 4.78 is 0. The van der Waals surface area contributed by atoms with E-state index >= 15 is 0 Å². The summed E-state index contributed by atoms with van der Waals surface area (Å²) in [4.78, 5) is 0. The van der Waals surface area contributed by atoms with E-state index in [2.05, 4.69) is 39.0 Å². The fourth-order valence-corrected chi connectivity index (χ4v) is 7.51. The zero-order chi connectivity index (χ0) is 24.6. The monoisotopic (exact) mass is 470 g/mol. The van der Waals surface area contributed by atoms with Gasteiger partial charge in [-0.1, -0.05) is 116 Å². The molecule has 0 amide bonds. The minimum Gasteiger partial charge on any atom is -0.0883 e. The molecule has 0 aromatic heterocycles. The van der Waals surface area contributed by atoms with Crippen LogP contribution in [0.1, 0.15) is 157 Å². The molecule has 34 heavy (non-hydrogen) atoms. The molecule has 0 radical (unpaired) electrons. The maximum atomic E-state index is 2.49. The second-order valence-corrected chi connectivity index (χ2v) is 12.3. The first-order valence-electron chi connectivity index (χ1n) is 16.0. The minimum atomic E-state index is 0.919. The lowest BCUT2D eigenvalue weighted by Gasteiger charge is -2.33. The Morgan fingerprint density at radius 1 is 0.765 bits per heavy atom. The average molecular weight is 471 g/mol. The van der Waals surface area contributed by atoms with Crippen molar-refractivity contribution in [1.82, 2.24) is 0 Å². The second kappa shape index (κ2) is 17.8. The van der Waals surface area contributed by atoms with Crippen LogP contribution < -0.4 is 0 Å². The molecule has 5 aliphatic carbocycles. The summed E-state index contributed by atoms with van der Waals surface area (Å²) in [6.45, 7) is 10.6. The van der Waals surface area contributed by atoms with E-state index in [1.165, 1.54) is 83.5 Å². The third-order valence-electron chi connectivity index (χ3n) is 9.26. The maximum absolute atomic E-state index is 2.49. The van der Waals surface area contributed by atoms with Crippen molar-refractivity contribution < 1.29 is 0 Å². The van der Waals surface area contributed by atoms with E-state index in [-0.39, 0.29) is 0 Å². The van der Waals surface area contributed by atoms with Crippen molar-refractivity contribution in [2.24, 2.45) is 35.5 Å². The van der Waals surface area contributed by atoms with Crippen molar-refractivity contribution in [1.29, 1.82) is 0 Å². The quantitative estimate of drug-likeness (QED) is 0.350. The van der Waals surface area contributed by atoms with Gasteiger partial charge in [-0.15, -0.1) is 0 Å². The van der Waals surface area contributed by atoms with E-state index in [4.69, 9.17) is 0 Å². The highest BCUT2D eigenvalue weighted by Crippen LogP contribution is 2.44. The van der Waals surface area contributed by atoms with Crippen molar-refractivity contribution in [3.63, 3.8) is 0 Å². The van der Waals surface area contributed by atoms with Crippen LogP contribution in [0.4, 0.5) is 0 Å². The Bertz CT molecular complexity index is 534. The number of hydrogen-bond donors (Lipinski definition) is 0. The highest BCUT2D eigenvalue weighted by atomic mass is 14.4. The first kappa shape index (κ1) is 29.7. The smallest absolute Gasteiger partial charge is 0.0233 e. The van der Waals surface area contributed by atoms with Crippen molar-refractivity contribution >= 4 is 0 Å². The Kier molecular flexibility index (Phi) is 15.6. The Labute approximate surface area is 215 Å². The van der Waals surface area contributed by atoms with Gasteiger partial charge in [0.15, 0.2) is 0 Å². The molecule has 5 aliphatic rings. The Hall–Kier alpha value is -0.520. The molecule has 0 saturated heterocycles. The van der Waals surface area contributed by atoms with E-state index in [0.717, 1.165) is 35.5 Å². The predicted molar refractivity (Wildman–Crippen MR) is 154 cm³/mol. The van der Waals surface area contributed by atoms with Gasteiger partial charge in [-0.25, -0.2) is 0 Å². The van der Waals surface area contributed by atoms with Gasteiger partial charge in [0.25, 0.3) is 0 Å². The SMILES string of the molecule is C1CC2CCCC(C1)C2.CC.CC1=CCC(C2CCC(CCCC3C=CCCC3)C2)C1.CCC. The lowest BCUT2D eigenvalue weighted by molar-refractivity contribution is 0.190. The van der Waals surface area contributed by atoms with Gasteiger partial charge < -0.3 is 0 Å². The van der Waals surface area contributed by atoms with Crippen LogP contribution in [0.2, 0.25) is 0 Å². The van der Waals surface area contributed by atoms with E-state index in [9.17, 15) is 0 Å². The van der Waals surface area contributed by atoms with Crippen LogP contribution in [0.25, 0.3) is 0 Å². The fraction of sp³-hybridized carbons (Fsp3) is 0.882. The molecule has 4 unspecified atom stereocenters. The number of rotatable bonds is 5. The summed E-state index contributed by atoms with van der Waals surface area (Å²) in [5.41, 5.74) is 1.66. The number of fused-ring (bicyclic) bond motifs is 2. The molecular formula is C34H62. The summed E-state index contributed by atoms with van der Waals surface area (Å²) in [5, 5.41) is 0. The Morgan fingerprint density at radius 2 is 1.44 bits per heavy atom. The lowest BCUT2D eigenvalue weighted by Crippen LogP contribution is -2.20. The van der Waals surface area contributed by atoms with Gasteiger partial charge in [0.05, 0.1) is 0 Å². The largest absolute Gasteiger partial charge is 0.0883 e. The molecule has 5 rings (SSSR count). The molecule has 0 aromatic rings. The Balaban J connectivity index is 0.000000241. The molecule has 0 aromatic carbocycles. The summed E-state index contributed by atoms with van der Waals surface area (Å²) in [6, 6.07) is 0. The van der Waals surface area contributed by atoms with Gasteiger partial charge in [-0.05, 0) is 100 Å². The molecule has 0 nitrogen and oxygen atoms in total. The molecule has 0 aliphatic heterocycles. The topological polar surface area (TPSA) is 0 Å². The zero-order valence-corrected chi connectivity index (χ0v) is 24.1. The summed E-state index contributed by atoms with van der Waals surface area (Å²) in [5.74, 6) is 6.36. The maximum Gasteiger partial charge on any atom is -0.0233 e. The van der Waals surface area contributed by atoms with Crippen LogP contribution >= 0.6 is 0 Å². The molecule has 0 N–H and O–H groups in total. The molecule has 3 fully saturated rings. The first-order chi connectivity index (χ1) is 16.7. The molecule has 2 bridgehead atoms. The lowest BCUT2D eigenvalue weighted by atomic mass is 9.72. The highest BCUT2D eigenvalue weighted by Gasteiger charge is 2.31. The van der Waals surface area contributed by atoms with Gasteiger partial charge in [0.2, 0.25) is 0 Å². The number of hydrogen-bond acceptors (Lipinski definition) is 0. The van der Waals surface area contributed by atoms with Crippen LogP contribution in [0.5, 0.6) is 0 Å². The second-order valence-electron chi connectivity index (χ2n) is 12.3. The highest BCUT2D eigenvalue weighted by molar-refractivity contribution is 5.08. The van der Waals surface area contributed by atoms with Gasteiger partial charge in [0.1, 0.15) is 0 Å². The van der Waals surface area contributed by atoms with Crippen molar-refractivity contribution in [3.05, 3.63) is 23.8 Å². The van der Waals surface area contributed by atoms with Crippen LogP contribution in [0.3, 0.4) is 0 Å². The normalized spacial score (nSPS) is 34.0. The van der Waals surface area contributed by atoms with Crippen LogP contribution in [0.15, 0.2) is 23.8 Å². The van der Waals surface area contributed by atoms with Gasteiger partial charge >= 0.3 is 0 Å². The van der Waals surface area contributed by atoms with Crippen molar-refractivity contribution in [2.45, 2.75) is 157 Å². The van der Waals surface area contributed by atoms with Gasteiger partial charge in [0, 0.05) is 0 Å². The standard InChI is InChI=1S/C20H32.C9H16.C3H8.C2H6/c1-16-10-12-19(14-16)20-13-11-18(15-20)9-5-8-17-6-3-2-4-7-17;1-3-8-5-2-6-9(4-1)7-8;1-3-2;1-2/h3,6,10,17-20H,2,4-5,7-9,11-15H2,1H3;8-9H,1-7H2;3H2,1-2H3;1-2H3. The molecule has 4 atom stereocenters. The summed E-state index contributed by atoms with van der Waals surface area (Å²) >= 11 is 0. The van der Waals surface area contributed by atoms with E-state index in [1.54, 1.807) is 44.1 Å². The molecule has 0 heteroatoms. The van der Waals surface area contributed by atoms with E-state index < -0.39 is 0 Å². The third-order valence-corrected chi connectivity index (χ3v) is 9.26. The summed E-state index contributed by atoms with van der Waals surface area (Å²) in [6.07, 6.45) is 35.6. The molecule has 0 spiro atoms. The molecule has 198 valence electrons. The van der Waals surface area contributed by atoms with Gasteiger partial charge in [-0.3, -0.25) is 0 Å².